The third kappa shape index (κ3) is 4.79. The Bertz CT molecular complexity index is 1210. The Morgan fingerprint density at radius 1 is 1.34 bits per heavy atom. The van der Waals surface area contributed by atoms with Crippen LogP contribution in [0.4, 0.5) is 0 Å². The molecule has 0 aliphatic heterocycles. The first kappa shape index (κ1) is 23.8. The molecule has 1 aromatic carbocycles. The lowest BCUT2D eigenvalue weighted by atomic mass is 9.90. The number of aryl methyl sites for hydroxylation is 1. The van der Waals surface area contributed by atoms with Gasteiger partial charge in [0, 0.05) is 19.8 Å². The minimum absolute atomic E-state index is 0.0366. The Morgan fingerprint density at radius 3 is 2.78 bits per heavy atom. The van der Waals surface area contributed by atoms with E-state index in [4.69, 9.17) is 4.74 Å². The molecule has 0 fully saturated rings. The van der Waals surface area contributed by atoms with Crippen molar-refractivity contribution in [2.24, 2.45) is 5.92 Å². The van der Waals surface area contributed by atoms with Crippen molar-refractivity contribution in [2.75, 3.05) is 19.0 Å². The molecule has 1 amide bonds. The average molecular weight is 457 g/mol. The average Bonchev–Trinajstić information content (AvgIpc) is 3.21. The van der Waals surface area contributed by atoms with Gasteiger partial charge < -0.3 is 10.1 Å². The number of benzene rings is 1. The van der Waals surface area contributed by atoms with Crippen LogP contribution in [0.15, 0.2) is 34.2 Å². The van der Waals surface area contributed by atoms with Crippen LogP contribution in [-0.2, 0) is 16.1 Å². The van der Waals surface area contributed by atoms with Gasteiger partial charge in [-0.15, -0.1) is 10.2 Å². The zero-order valence-corrected chi connectivity index (χ0v) is 19.6. The van der Waals surface area contributed by atoms with Gasteiger partial charge in [-0.2, -0.15) is 5.26 Å². The van der Waals surface area contributed by atoms with Crippen LogP contribution in [-0.4, -0.2) is 49.6 Å². The molecule has 3 aromatic rings. The normalized spacial score (nSPS) is 13.4. The number of amides is 1. The third-order valence-electron chi connectivity index (χ3n) is 5.47. The van der Waals surface area contributed by atoms with Crippen molar-refractivity contribution in [1.29, 1.82) is 5.26 Å². The fraction of sp³-hybridized carbons (Fsp3) is 0.500. The summed E-state index contributed by atoms with van der Waals surface area (Å²) in [5, 5.41) is 21.8. The number of thioether (sulfide) groups is 1. The summed E-state index contributed by atoms with van der Waals surface area (Å²) < 4.78 is 8.81. The molecule has 10 heteroatoms. The number of rotatable bonds is 10. The van der Waals surface area contributed by atoms with Crippen LogP contribution < -0.4 is 10.9 Å². The summed E-state index contributed by atoms with van der Waals surface area (Å²) in [7, 11) is 0. The highest BCUT2D eigenvalue weighted by molar-refractivity contribution is 7.99. The number of aromatic nitrogens is 4. The van der Waals surface area contributed by atoms with E-state index < -0.39 is 5.54 Å². The zero-order chi connectivity index (χ0) is 23.3. The van der Waals surface area contributed by atoms with Crippen molar-refractivity contribution < 1.29 is 9.53 Å². The van der Waals surface area contributed by atoms with Crippen LogP contribution in [0.1, 0.15) is 34.1 Å². The van der Waals surface area contributed by atoms with E-state index in [0.29, 0.717) is 48.0 Å². The Labute approximate surface area is 190 Å². The molecule has 0 radical (unpaired) electrons. The van der Waals surface area contributed by atoms with E-state index in [1.54, 1.807) is 22.0 Å². The van der Waals surface area contributed by atoms with Crippen LogP contribution in [0.25, 0.3) is 16.7 Å². The number of para-hydroxylation sites is 1. The summed E-state index contributed by atoms with van der Waals surface area (Å²) in [6.07, 6.45) is 0.668. The van der Waals surface area contributed by atoms with E-state index in [1.807, 2.05) is 39.0 Å². The van der Waals surface area contributed by atoms with E-state index in [9.17, 15) is 14.9 Å². The molecule has 1 unspecified atom stereocenters. The van der Waals surface area contributed by atoms with Crippen molar-refractivity contribution >= 4 is 34.3 Å². The molecule has 32 heavy (non-hydrogen) atoms. The minimum Gasteiger partial charge on any atom is -0.382 e. The lowest BCUT2D eigenvalue weighted by Crippen LogP contribution is -2.49. The Balaban J connectivity index is 1.92. The molecule has 170 valence electrons. The molecule has 1 N–H and O–H groups in total. The van der Waals surface area contributed by atoms with Gasteiger partial charge in [0.15, 0.2) is 5.16 Å². The second kappa shape index (κ2) is 10.1. The molecule has 2 heterocycles. The molecular formula is C22H28N6O3S. The highest BCUT2D eigenvalue weighted by Crippen LogP contribution is 2.22. The molecule has 0 aliphatic rings. The molecule has 0 aliphatic carbocycles. The first-order chi connectivity index (χ1) is 15.3. The minimum atomic E-state index is -0.946. The van der Waals surface area contributed by atoms with Gasteiger partial charge in [0.2, 0.25) is 11.7 Å². The number of ether oxygens (including phenoxy) is 1. The first-order valence-corrected chi connectivity index (χ1v) is 11.6. The molecule has 0 saturated carbocycles. The maximum atomic E-state index is 13.1. The molecular weight excluding hydrogens is 428 g/mol. The van der Waals surface area contributed by atoms with Crippen molar-refractivity contribution in [1.82, 2.24) is 24.5 Å². The fourth-order valence-electron chi connectivity index (χ4n) is 3.25. The summed E-state index contributed by atoms with van der Waals surface area (Å²) >= 11 is 1.22. The summed E-state index contributed by atoms with van der Waals surface area (Å²) in [6, 6.07) is 9.46. The Morgan fingerprint density at radius 2 is 2.09 bits per heavy atom. The third-order valence-corrected chi connectivity index (χ3v) is 6.40. The molecule has 0 saturated heterocycles. The SMILES string of the molecule is CCOCCCn1c(=O)c2ccccc2n2c(SCC(=O)NC(C)(C#N)C(C)C)nnc12. The van der Waals surface area contributed by atoms with Crippen LogP contribution in [0, 0.1) is 17.2 Å². The zero-order valence-electron chi connectivity index (χ0n) is 18.8. The summed E-state index contributed by atoms with van der Waals surface area (Å²) in [5.41, 5.74) is -0.392. The van der Waals surface area contributed by atoms with Crippen molar-refractivity contribution in [3.63, 3.8) is 0 Å². The predicted molar refractivity (Wildman–Crippen MR) is 124 cm³/mol. The lowest BCUT2D eigenvalue weighted by Gasteiger charge is -2.27. The van der Waals surface area contributed by atoms with Gasteiger partial charge in [-0.1, -0.05) is 37.7 Å². The first-order valence-electron chi connectivity index (χ1n) is 10.6. The molecule has 1 atom stereocenters. The lowest BCUT2D eigenvalue weighted by molar-refractivity contribution is -0.120. The number of hydrogen-bond donors (Lipinski definition) is 1. The van der Waals surface area contributed by atoms with Gasteiger partial charge in [0.1, 0.15) is 5.54 Å². The van der Waals surface area contributed by atoms with Gasteiger partial charge in [0.25, 0.3) is 5.56 Å². The van der Waals surface area contributed by atoms with Gasteiger partial charge in [0.05, 0.1) is 22.7 Å². The summed E-state index contributed by atoms with van der Waals surface area (Å²) in [4.78, 5) is 25.6. The van der Waals surface area contributed by atoms with Crippen molar-refractivity contribution in [3.8, 4) is 6.07 Å². The van der Waals surface area contributed by atoms with Crippen molar-refractivity contribution in [2.45, 2.75) is 51.4 Å². The van der Waals surface area contributed by atoms with Crippen LogP contribution >= 0.6 is 11.8 Å². The number of nitriles is 1. The van der Waals surface area contributed by atoms with Gasteiger partial charge >= 0.3 is 0 Å². The highest BCUT2D eigenvalue weighted by Gasteiger charge is 2.30. The standard InChI is InChI=1S/C22H28N6O3S/c1-5-31-12-8-11-27-19(30)16-9-6-7-10-17(16)28-20(27)25-26-21(28)32-13-18(29)24-22(4,14-23)15(2)3/h6-7,9-10,15H,5,8,11-13H2,1-4H3,(H,24,29). The van der Waals surface area contributed by atoms with Crippen LogP contribution in [0.5, 0.6) is 0 Å². The van der Waals surface area contributed by atoms with E-state index >= 15 is 0 Å². The van der Waals surface area contributed by atoms with Crippen LogP contribution in [0.2, 0.25) is 0 Å². The quantitative estimate of drug-likeness (QED) is 0.368. The number of nitrogens with zero attached hydrogens (tertiary/aromatic N) is 5. The molecule has 0 spiro atoms. The molecule has 2 aromatic heterocycles. The number of hydrogen-bond acceptors (Lipinski definition) is 7. The highest BCUT2D eigenvalue weighted by atomic mass is 32.2. The van der Waals surface area contributed by atoms with Gasteiger partial charge in [-0.3, -0.25) is 18.6 Å². The number of carbonyl (C=O) groups excluding carboxylic acids is 1. The second-order valence-electron chi connectivity index (χ2n) is 7.95. The summed E-state index contributed by atoms with van der Waals surface area (Å²) in [5.74, 6) is 0.198. The van der Waals surface area contributed by atoms with Crippen molar-refractivity contribution in [3.05, 3.63) is 34.6 Å². The molecule has 0 bridgehead atoms. The Kier molecular flexibility index (Phi) is 7.53. The molecule has 3 rings (SSSR count). The van der Waals surface area contributed by atoms with E-state index in [1.165, 1.54) is 11.8 Å². The van der Waals surface area contributed by atoms with Gasteiger partial charge in [-0.05, 0) is 38.3 Å². The van der Waals surface area contributed by atoms with Gasteiger partial charge in [-0.25, -0.2) is 0 Å². The van der Waals surface area contributed by atoms with Crippen LogP contribution in [0.3, 0.4) is 0 Å². The second-order valence-corrected chi connectivity index (χ2v) is 8.89. The largest absolute Gasteiger partial charge is 0.382 e. The topological polar surface area (TPSA) is 114 Å². The van der Waals surface area contributed by atoms with E-state index in [2.05, 4.69) is 21.6 Å². The summed E-state index contributed by atoms with van der Waals surface area (Å²) in [6.45, 7) is 9.04. The van der Waals surface area contributed by atoms with E-state index in [0.717, 1.165) is 0 Å². The predicted octanol–water partition coefficient (Wildman–Crippen LogP) is 2.62. The maximum Gasteiger partial charge on any atom is 0.262 e. The number of carbonyl (C=O) groups is 1. The number of nitrogens with one attached hydrogen (secondary N) is 1. The maximum absolute atomic E-state index is 13.1. The number of fused-ring (bicyclic) bond motifs is 3. The monoisotopic (exact) mass is 456 g/mol. The Hall–Kier alpha value is -2.90. The fourth-order valence-corrected chi connectivity index (χ4v) is 3.99. The van der Waals surface area contributed by atoms with E-state index in [-0.39, 0.29) is 23.1 Å². The molecule has 9 nitrogen and oxygen atoms in total. The smallest absolute Gasteiger partial charge is 0.262 e.